The van der Waals surface area contributed by atoms with Crippen LogP contribution in [0.25, 0.3) is 0 Å². The Bertz CT molecular complexity index is 952. The molecule has 0 heterocycles. The average molecular weight is 492 g/mol. The van der Waals surface area contributed by atoms with Gasteiger partial charge in [-0.1, -0.05) is 19.3 Å². The Morgan fingerprint density at radius 2 is 1.74 bits per heavy atom. The molecule has 1 amide bonds. The highest BCUT2D eigenvalue weighted by Gasteiger charge is 2.54. The van der Waals surface area contributed by atoms with Gasteiger partial charge in [-0.2, -0.15) is 13.1 Å². The Balaban J connectivity index is 1.35. The topological polar surface area (TPSA) is 112 Å². The number of hydrogen-bond donors (Lipinski definition) is 4. The van der Waals surface area contributed by atoms with Gasteiger partial charge in [-0.15, -0.1) is 0 Å². The van der Waals surface area contributed by atoms with Crippen molar-refractivity contribution in [2.45, 2.75) is 95.2 Å². The number of aliphatic imine (C=N–C) groups is 1. The van der Waals surface area contributed by atoms with Gasteiger partial charge in [0.2, 0.25) is 0 Å². The summed E-state index contributed by atoms with van der Waals surface area (Å²) >= 11 is 0. The van der Waals surface area contributed by atoms with Crippen molar-refractivity contribution in [2.75, 3.05) is 14.1 Å². The quantitative estimate of drug-likeness (QED) is 0.391. The fourth-order valence-electron chi connectivity index (χ4n) is 7.77. The summed E-state index contributed by atoms with van der Waals surface area (Å²) in [5.74, 6) is 2.81. The number of nitrogens with zero attached hydrogens (tertiary/aromatic N) is 1. The highest BCUT2D eigenvalue weighted by atomic mass is 32.2. The molecule has 8 nitrogen and oxygen atoms in total. The molecule has 4 bridgehead atoms. The van der Waals surface area contributed by atoms with Gasteiger partial charge in [-0.25, -0.2) is 4.72 Å². The molecule has 0 spiro atoms. The second kappa shape index (κ2) is 9.90. The van der Waals surface area contributed by atoms with Crippen molar-refractivity contribution in [3.05, 3.63) is 11.3 Å². The SMILES string of the molecule is C/N=C(/C(=O)NC1C2CC3CC(C2)C1C3)C1=C(NC2CCCCC2)CCC(NS(=O)(=O)NC)C1. The van der Waals surface area contributed by atoms with Crippen molar-refractivity contribution in [1.29, 1.82) is 0 Å². The summed E-state index contributed by atoms with van der Waals surface area (Å²) in [6.45, 7) is 0. The second-order valence-corrected chi connectivity index (χ2v) is 12.9. The highest BCUT2D eigenvalue weighted by Crippen LogP contribution is 2.58. The number of carbonyl (C=O) groups excluding carboxylic acids is 1. The Labute approximate surface area is 204 Å². The monoisotopic (exact) mass is 491 g/mol. The Morgan fingerprint density at radius 3 is 2.44 bits per heavy atom. The minimum atomic E-state index is -3.55. The molecule has 6 rings (SSSR count). The van der Waals surface area contributed by atoms with E-state index in [1.807, 2.05) is 0 Å². The van der Waals surface area contributed by atoms with Gasteiger partial charge < -0.3 is 10.6 Å². The van der Waals surface area contributed by atoms with Crippen LogP contribution in [0.1, 0.15) is 77.0 Å². The van der Waals surface area contributed by atoms with Gasteiger partial charge in [0.15, 0.2) is 0 Å². The van der Waals surface area contributed by atoms with Crippen LogP contribution in [0.3, 0.4) is 0 Å². The number of allylic oxidation sites excluding steroid dienone is 1. The fourth-order valence-corrected chi connectivity index (χ4v) is 8.52. The molecule has 9 heteroatoms. The maximum absolute atomic E-state index is 13.6. The molecular weight excluding hydrogens is 450 g/mol. The van der Waals surface area contributed by atoms with Gasteiger partial charge in [0, 0.05) is 43.5 Å². The van der Waals surface area contributed by atoms with Crippen molar-refractivity contribution in [1.82, 2.24) is 20.1 Å². The van der Waals surface area contributed by atoms with E-state index < -0.39 is 10.2 Å². The number of hydrogen-bond acceptors (Lipinski definition) is 5. The molecule has 6 unspecified atom stereocenters. The molecule has 34 heavy (non-hydrogen) atoms. The number of rotatable bonds is 8. The predicted octanol–water partition coefficient (Wildman–Crippen LogP) is 2.39. The van der Waals surface area contributed by atoms with E-state index in [1.54, 1.807) is 7.05 Å². The van der Waals surface area contributed by atoms with E-state index in [9.17, 15) is 13.2 Å². The van der Waals surface area contributed by atoms with Crippen LogP contribution in [0, 0.1) is 23.7 Å². The second-order valence-electron chi connectivity index (χ2n) is 11.3. The Morgan fingerprint density at radius 1 is 0.971 bits per heavy atom. The molecule has 0 aromatic carbocycles. The fraction of sp³-hybridized carbons (Fsp3) is 0.840. The normalized spacial score (nSPS) is 36.2. The zero-order valence-electron chi connectivity index (χ0n) is 20.6. The molecule has 0 saturated heterocycles. The van der Waals surface area contributed by atoms with E-state index in [2.05, 4.69) is 25.1 Å². The minimum Gasteiger partial charge on any atom is -0.385 e. The largest absolute Gasteiger partial charge is 0.385 e. The van der Waals surface area contributed by atoms with Crippen molar-refractivity contribution in [2.24, 2.45) is 28.7 Å². The predicted molar refractivity (Wildman–Crippen MR) is 134 cm³/mol. The third-order valence-electron chi connectivity index (χ3n) is 9.21. The summed E-state index contributed by atoms with van der Waals surface area (Å²) in [6, 6.07) is 0.434. The van der Waals surface area contributed by atoms with E-state index in [0.29, 0.717) is 42.9 Å². The Hall–Kier alpha value is -1.45. The average Bonchev–Trinajstić information content (AvgIpc) is 3.24. The van der Waals surface area contributed by atoms with Crippen molar-refractivity contribution >= 4 is 21.8 Å². The molecule has 4 N–H and O–H groups in total. The minimum absolute atomic E-state index is 0.0847. The van der Waals surface area contributed by atoms with Crippen LogP contribution in [-0.2, 0) is 15.0 Å². The smallest absolute Gasteiger partial charge is 0.276 e. The van der Waals surface area contributed by atoms with Crippen molar-refractivity contribution < 1.29 is 13.2 Å². The van der Waals surface area contributed by atoms with Crippen LogP contribution in [0.4, 0.5) is 0 Å². The lowest BCUT2D eigenvalue weighted by Gasteiger charge is -2.34. The van der Waals surface area contributed by atoms with Crippen molar-refractivity contribution in [3.8, 4) is 0 Å². The van der Waals surface area contributed by atoms with E-state index in [1.165, 1.54) is 52.0 Å². The summed E-state index contributed by atoms with van der Waals surface area (Å²) in [5.41, 5.74) is 2.44. The van der Waals surface area contributed by atoms with Gasteiger partial charge in [0.05, 0.1) is 0 Å². The zero-order chi connectivity index (χ0) is 23.9. The third kappa shape index (κ3) is 4.93. The first kappa shape index (κ1) is 24.3. The lowest BCUT2D eigenvalue weighted by Crippen LogP contribution is -2.49. The zero-order valence-corrected chi connectivity index (χ0v) is 21.4. The summed E-state index contributed by atoms with van der Waals surface area (Å²) in [4.78, 5) is 18.1. The number of nitrogens with one attached hydrogen (secondary N) is 4. The van der Waals surface area contributed by atoms with Crippen LogP contribution < -0.4 is 20.1 Å². The van der Waals surface area contributed by atoms with Crippen LogP contribution >= 0.6 is 0 Å². The molecule has 6 aliphatic carbocycles. The summed E-state index contributed by atoms with van der Waals surface area (Å²) in [7, 11) is -0.455. The molecule has 5 saturated carbocycles. The van der Waals surface area contributed by atoms with Gasteiger partial charge >= 0.3 is 0 Å². The third-order valence-corrected chi connectivity index (χ3v) is 10.4. The summed E-state index contributed by atoms with van der Waals surface area (Å²) < 4.78 is 29.4. The first-order valence-electron chi connectivity index (χ1n) is 13.3. The summed E-state index contributed by atoms with van der Waals surface area (Å²) in [6.07, 6.45) is 13.0. The number of carbonyl (C=O) groups is 1. The van der Waals surface area contributed by atoms with E-state index in [0.717, 1.165) is 35.9 Å². The molecule has 0 aliphatic heterocycles. The Kier molecular flexibility index (Phi) is 7.06. The molecule has 0 radical (unpaired) electrons. The van der Waals surface area contributed by atoms with Crippen LogP contribution in [-0.4, -0.2) is 52.3 Å². The van der Waals surface area contributed by atoms with Crippen molar-refractivity contribution in [3.63, 3.8) is 0 Å². The molecule has 5 fully saturated rings. The molecule has 6 atom stereocenters. The van der Waals surface area contributed by atoms with Crippen LogP contribution in [0.5, 0.6) is 0 Å². The molecule has 190 valence electrons. The van der Waals surface area contributed by atoms with E-state index >= 15 is 0 Å². The number of amides is 1. The first-order chi connectivity index (χ1) is 16.4. The van der Waals surface area contributed by atoms with Gasteiger partial charge in [-0.05, 0) is 81.5 Å². The molecule has 0 aromatic rings. The van der Waals surface area contributed by atoms with Gasteiger partial charge in [-0.3, -0.25) is 9.79 Å². The maximum Gasteiger partial charge on any atom is 0.276 e. The standard InChI is InChI=1S/C25H41N5O3S/c1-26-24(25(31)29-23-17-11-15-10-16(13-17)20(23)12-15)21-14-19(30-34(32,33)27-2)8-9-22(21)28-18-6-4-3-5-7-18/h15-20,23,27-28,30H,3-14H2,1-2H3,(H,29,31)/b26-24+. The first-order valence-corrected chi connectivity index (χ1v) is 14.8. The van der Waals surface area contributed by atoms with E-state index in [4.69, 9.17) is 0 Å². The maximum atomic E-state index is 13.6. The highest BCUT2D eigenvalue weighted by molar-refractivity contribution is 7.87. The van der Waals surface area contributed by atoms with E-state index in [-0.39, 0.29) is 18.0 Å². The van der Waals surface area contributed by atoms with Crippen LogP contribution in [0.2, 0.25) is 0 Å². The lowest BCUT2D eigenvalue weighted by atomic mass is 9.79. The lowest BCUT2D eigenvalue weighted by molar-refractivity contribution is -0.116. The molecule has 0 aromatic heterocycles. The summed E-state index contributed by atoms with van der Waals surface area (Å²) in [5, 5.41) is 7.15. The molecular formula is C25H41N5O3S. The van der Waals surface area contributed by atoms with Crippen LogP contribution in [0.15, 0.2) is 16.3 Å². The molecule has 6 aliphatic rings. The van der Waals surface area contributed by atoms with Gasteiger partial charge in [0.1, 0.15) is 5.71 Å². The van der Waals surface area contributed by atoms with Gasteiger partial charge in [0.25, 0.3) is 16.1 Å².